The molecule has 1 heterocycles. The molecule has 0 unspecified atom stereocenters. The van der Waals surface area contributed by atoms with E-state index in [1.54, 1.807) is 30.3 Å². The number of aliphatic hydroxyl groups is 1. The van der Waals surface area contributed by atoms with Crippen molar-refractivity contribution in [3.05, 3.63) is 69.1 Å². The Balaban J connectivity index is 2.11. The number of aliphatic hydroxyl groups excluding tert-OH is 1. The third kappa shape index (κ3) is 3.30. The van der Waals surface area contributed by atoms with Crippen LogP contribution in [0.3, 0.4) is 0 Å². The van der Waals surface area contributed by atoms with E-state index in [2.05, 4.69) is 0 Å². The van der Waals surface area contributed by atoms with E-state index in [1.807, 2.05) is 26.0 Å². The number of carbonyl (C=O) groups excluding carboxylic acids is 2. The van der Waals surface area contributed by atoms with Gasteiger partial charge in [-0.2, -0.15) is 0 Å². The zero-order chi connectivity index (χ0) is 18.8. The van der Waals surface area contributed by atoms with E-state index in [4.69, 9.17) is 16.7 Å². The second-order valence-electron chi connectivity index (χ2n) is 5.95. The summed E-state index contributed by atoms with van der Waals surface area (Å²) < 4.78 is 0. The van der Waals surface area contributed by atoms with Gasteiger partial charge in [0.25, 0.3) is 11.8 Å². The summed E-state index contributed by atoms with van der Waals surface area (Å²) in [5.41, 5.74) is 3.48. The fourth-order valence-electron chi connectivity index (χ4n) is 2.86. The Hall–Kier alpha value is -2.08. The van der Waals surface area contributed by atoms with E-state index in [0.717, 1.165) is 11.1 Å². The van der Waals surface area contributed by atoms with Gasteiger partial charge in [0.1, 0.15) is 0 Å². The van der Waals surface area contributed by atoms with E-state index in [9.17, 15) is 9.59 Å². The lowest BCUT2D eigenvalue weighted by Crippen LogP contribution is -2.32. The van der Waals surface area contributed by atoms with Crippen LogP contribution in [0.25, 0.3) is 5.57 Å². The lowest BCUT2D eigenvalue weighted by Gasteiger charge is -2.19. The predicted octanol–water partition coefficient (Wildman–Crippen LogP) is 3.97. The summed E-state index contributed by atoms with van der Waals surface area (Å²) in [6, 6.07) is 12.4. The molecule has 0 bridgehead atoms. The number of anilines is 1. The van der Waals surface area contributed by atoms with Gasteiger partial charge in [0.2, 0.25) is 0 Å². The van der Waals surface area contributed by atoms with Crippen molar-refractivity contribution in [1.29, 1.82) is 0 Å². The molecule has 0 aliphatic carbocycles. The minimum atomic E-state index is -0.355. The molecule has 2 aromatic carbocycles. The maximum absolute atomic E-state index is 13.2. The highest BCUT2D eigenvalue weighted by Gasteiger charge is 2.40. The molecule has 2 amide bonds. The summed E-state index contributed by atoms with van der Waals surface area (Å²) in [5, 5.41) is 9.72. The van der Waals surface area contributed by atoms with E-state index in [-0.39, 0.29) is 18.4 Å². The van der Waals surface area contributed by atoms with Crippen molar-refractivity contribution in [2.24, 2.45) is 0 Å². The number of imide groups is 1. The average molecular weight is 388 g/mol. The third-order valence-corrected chi connectivity index (χ3v) is 5.63. The summed E-state index contributed by atoms with van der Waals surface area (Å²) in [6.45, 7) is 3.76. The SMILES string of the molecule is Cc1cccc(N2C(=O)C(SCCO)=C(c3ccc(Cl)cc3)C2=O)c1C. The molecular formula is C20H18ClNO3S. The lowest BCUT2D eigenvalue weighted by molar-refractivity contribution is -0.119. The number of carbonyl (C=O) groups is 2. The third-order valence-electron chi connectivity index (χ3n) is 4.33. The number of halogens is 1. The normalized spacial score (nSPS) is 14.5. The molecule has 0 spiro atoms. The highest BCUT2D eigenvalue weighted by molar-refractivity contribution is 8.04. The van der Waals surface area contributed by atoms with Crippen LogP contribution in [0.2, 0.25) is 5.02 Å². The number of benzene rings is 2. The van der Waals surface area contributed by atoms with Crippen molar-refractivity contribution < 1.29 is 14.7 Å². The standard InChI is InChI=1S/C20H18ClNO3S/c1-12-4-3-5-16(13(12)2)22-19(24)17(14-6-8-15(21)9-7-14)18(20(22)25)26-11-10-23/h3-9,23H,10-11H2,1-2H3. The van der Waals surface area contributed by atoms with Gasteiger partial charge < -0.3 is 5.11 Å². The zero-order valence-electron chi connectivity index (χ0n) is 14.5. The van der Waals surface area contributed by atoms with Gasteiger partial charge in [-0.3, -0.25) is 9.59 Å². The van der Waals surface area contributed by atoms with Gasteiger partial charge in [0.15, 0.2) is 0 Å². The number of nitrogens with zero attached hydrogens (tertiary/aromatic N) is 1. The van der Waals surface area contributed by atoms with E-state index in [0.29, 0.717) is 32.5 Å². The van der Waals surface area contributed by atoms with Crippen LogP contribution >= 0.6 is 23.4 Å². The Morgan fingerprint density at radius 2 is 1.73 bits per heavy atom. The minimum absolute atomic E-state index is 0.0764. The van der Waals surface area contributed by atoms with Gasteiger partial charge in [-0.1, -0.05) is 35.9 Å². The van der Waals surface area contributed by atoms with E-state index < -0.39 is 0 Å². The molecule has 6 heteroatoms. The molecule has 0 atom stereocenters. The Kier molecular flexibility index (Phi) is 5.51. The molecule has 134 valence electrons. The number of hydrogen-bond acceptors (Lipinski definition) is 4. The molecule has 1 aliphatic rings. The quantitative estimate of drug-likeness (QED) is 0.789. The molecule has 0 radical (unpaired) electrons. The molecule has 0 aromatic heterocycles. The summed E-state index contributed by atoms with van der Waals surface area (Å²) in [5.74, 6) is -0.370. The van der Waals surface area contributed by atoms with Crippen LogP contribution in [0, 0.1) is 13.8 Å². The zero-order valence-corrected chi connectivity index (χ0v) is 16.0. The second kappa shape index (κ2) is 7.66. The van der Waals surface area contributed by atoms with Crippen molar-refractivity contribution >= 4 is 46.4 Å². The van der Waals surface area contributed by atoms with Gasteiger partial charge in [-0.05, 0) is 48.7 Å². The number of aryl methyl sites for hydroxylation is 1. The fraction of sp³-hybridized carbons (Fsp3) is 0.200. The second-order valence-corrected chi connectivity index (χ2v) is 7.49. The summed E-state index contributed by atoms with van der Waals surface area (Å²) in [7, 11) is 0. The Morgan fingerprint density at radius 1 is 1.04 bits per heavy atom. The molecule has 4 nitrogen and oxygen atoms in total. The summed E-state index contributed by atoms with van der Waals surface area (Å²) in [4.78, 5) is 27.8. The van der Waals surface area contributed by atoms with Crippen LogP contribution in [0.5, 0.6) is 0 Å². The molecule has 3 rings (SSSR count). The first kappa shape index (κ1) is 18.7. The minimum Gasteiger partial charge on any atom is -0.396 e. The highest BCUT2D eigenvalue weighted by Crippen LogP contribution is 2.39. The van der Waals surface area contributed by atoms with Gasteiger partial charge in [-0.25, -0.2) is 4.90 Å². The number of thioether (sulfide) groups is 1. The molecule has 1 aliphatic heterocycles. The molecule has 0 saturated heterocycles. The predicted molar refractivity (Wildman–Crippen MR) is 106 cm³/mol. The summed E-state index contributed by atoms with van der Waals surface area (Å²) >= 11 is 7.15. The molecule has 2 aromatic rings. The first-order chi connectivity index (χ1) is 12.5. The fourth-order valence-corrected chi connectivity index (χ4v) is 3.84. The van der Waals surface area contributed by atoms with Gasteiger partial charge in [-0.15, -0.1) is 11.8 Å². The average Bonchev–Trinajstić information content (AvgIpc) is 2.87. The number of rotatable bonds is 5. The Morgan fingerprint density at radius 3 is 2.38 bits per heavy atom. The van der Waals surface area contributed by atoms with Gasteiger partial charge in [0, 0.05) is 10.8 Å². The van der Waals surface area contributed by atoms with Crippen LogP contribution in [0.1, 0.15) is 16.7 Å². The maximum atomic E-state index is 13.2. The highest BCUT2D eigenvalue weighted by atomic mass is 35.5. The molecule has 1 N–H and O–H groups in total. The van der Waals surface area contributed by atoms with Crippen LogP contribution < -0.4 is 4.90 Å². The monoisotopic (exact) mass is 387 g/mol. The van der Waals surface area contributed by atoms with Crippen molar-refractivity contribution in [2.75, 3.05) is 17.3 Å². The summed E-state index contributed by atoms with van der Waals surface area (Å²) in [6.07, 6.45) is 0. The molecule has 0 fully saturated rings. The van der Waals surface area contributed by atoms with Crippen molar-refractivity contribution in [3.63, 3.8) is 0 Å². The molecule has 26 heavy (non-hydrogen) atoms. The van der Waals surface area contributed by atoms with Gasteiger partial charge in [0.05, 0.1) is 22.8 Å². The van der Waals surface area contributed by atoms with Crippen molar-refractivity contribution in [3.8, 4) is 0 Å². The Bertz CT molecular complexity index is 906. The van der Waals surface area contributed by atoms with Crippen LogP contribution in [0.4, 0.5) is 5.69 Å². The van der Waals surface area contributed by atoms with Crippen LogP contribution in [-0.4, -0.2) is 29.3 Å². The number of hydrogen-bond donors (Lipinski definition) is 1. The van der Waals surface area contributed by atoms with E-state index >= 15 is 0 Å². The van der Waals surface area contributed by atoms with Crippen molar-refractivity contribution in [2.45, 2.75) is 13.8 Å². The topological polar surface area (TPSA) is 57.6 Å². The maximum Gasteiger partial charge on any atom is 0.272 e. The van der Waals surface area contributed by atoms with Crippen LogP contribution in [-0.2, 0) is 9.59 Å². The molecule has 0 saturated carbocycles. The smallest absolute Gasteiger partial charge is 0.272 e. The lowest BCUT2D eigenvalue weighted by atomic mass is 10.1. The molecular weight excluding hydrogens is 370 g/mol. The largest absolute Gasteiger partial charge is 0.396 e. The Labute approximate surface area is 161 Å². The van der Waals surface area contributed by atoms with Crippen LogP contribution in [0.15, 0.2) is 47.4 Å². The van der Waals surface area contributed by atoms with E-state index in [1.165, 1.54) is 16.7 Å². The first-order valence-electron chi connectivity index (χ1n) is 8.14. The number of amides is 2. The first-order valence-corrected chi connectivity index (χ1v) is 9.51. The van der Waals surface area contributed by atoms with Gasteiger partial charge >= 0.3 is 0 Å². The van der Waals surface area contributed by atoms with Crippen molar-refractivity contribution in [1.82, 2.24) is 0 Å².